The number of hydrogen-bond acceptors (Lipinski definition) is 3. The Morgan fingerprint density at radius 2 is 1.67 bits per heavy atom. The molecular formula is C27H21ClN2OS2. The first-order valence-corrected chi connectivity index (χ1v) is 12.2. The van der Waals surface area contributed by atoms with Gasteiger partial charge in [-0.1, -0.05) is 89.7 Å². The molecule has 1 amide bonds. The number of fused-ring (bicyclic) bond motifs is 1. The van der Waals surface area contributed by atoms with Gasteiger partial charge in [-0.3, -0.25) is 9.69 Å². The Balaban J connectivity index is 1.57. The highest BCUT2D eigenvalue weighted by atomic mass is 35.5. The maximum Gasteiger partial charge on any atom is 0.270 e. The molecule has 0 atom stereocenters. The number of halogens is 1. The van der Waals surface area contributed by atoms with E-state index in [1.807, 2.05) is 73.7 Å². The Morgan fingerprint density at radius 3 is 2.42 bits per heavy atom. The first-order chi connectivity index (χ1) is 15.9. The summed E-state index contributed by atoms with van der Waals surface area (Å²) in [5.41, 5.74) is 6.21. The molecule has 1 fully saturated rings. The summed E-state index contributed by atoms with van der Waals surface area (Å²) >= 11 is 13.4. The molecule has 0 unspecified atom stereocenters. The minimum atomic E-state index is -0.0869. The molecule has 1 aromatic heterocycles. The molecule has 0 aliphatic carbocycles. The van der Waals surface area contributed by atoms with Crippen LogP contribution < -0.4 is 4.90 Å². The summed E-state index contributed by atoms with van der Waals surface area (Å²) in [5.74, 6) is -0.0869. The average Bonchev–Trinajstić information content (AvgIpc) is 3.24. The first-order valence-electron chi connectivity index (χ1n) is 10.6. The van der Waals surface area contributed by atoms with E-state index in [4.69, 9.17) is 23.8 Å². The van der Waals surface area contributed by atoms with Crippen molar-refractivity contribution >= 4 is 68.5 Å². The van der Waals surface area contributed by atoms with E-state index in [9.17, 15) is 4.79 Å². The third kappa shape index (κ3) is 4.01. The van der Waals surface area contributed by atoms with Gasteiger partial charge < -0.3 is 4.57 Å². The van der Waals surface area contributed by atoms with E-state index in [1.165, 1.54) is 11.8 Å². The van der Waals surface area contributed by atoms with Crippen molar-refractivity contribution in [2.45, 2.75) is 20.4 Å². The summed E-state index contributed by atoms with van der Waals surface area (Å²) in [4.78, 5) is 15.6. The Morgan fingerprint density at radius 1 is 0.970 bits per heavy atom. The normalized spacial score (nSPS) is 15.2. The van der Waals surface area contributed by atoms with E-state index < -0.39 is 0 Å². The molecule has 2 heterocycles. The van der Waals surface area contributed by atoms with Gasteiger partial charge in [0.25, 0.3) is 5.91 Å². The predicted octanol–water partition coefficient (Wildman–Crippen LogP) is 7.37. The van der Waals surface area contributed by atoms with Crippen LogP contribution >= 0.6 is 35.6 Å². The molecule has 3 aromatic carbocycles. The number of carbonyl (C=O) groups is 1. The Kier molecular flexibility index (Phi) is 5.87. The highest BCUT2D eigenvalue weighted by Crippen LogP contribution is 2.38. The van der Waals surface area contributed by atoms with Crippen molar-refractivity contribution in [3.8, 4) is 0 Å². The fourth-order valence-corrected chi connectivity index (χ4v) is 5.63. The van der Waals surface area contributed by atoms with Gasteiger partial charge in [-0.05, 0) is 49.8 Å². The molecular weight excluding hydrogens is 468 g/mol. The Hall–Kier alpha value is -2.86. The van der Waals surface area contributed by atoms with E-state index in [0.717, 1.165) is 44.0 Å². The van der Waals surface area contributed by atoms with Crippen LogP contribution in [0.3, 0.4) is 0 Å². The van der Waals surface area contributed by atoms with Gasteiger partial charge >= 0.3 is 0 Å². The zero-order valence-corrected chi connectivity index (χ0v) is 20.6. The summed E-state index contributed by atoms with van der Waals surface area (Å²) in [6, 6.07) is 24.0. The van der Waals surface area contributed by atoms with Crippen LogP contribution in [-0.2, 0) is 11.3 Å². The Bertz CT molecular complexity index is 1440. The number of nitrogens with zero attached hydrogens (tertiary/aromatic N) is 2. The van der Waals surface area contributed by atoms with Crippen molar-refractivity contribution in [1.29, 1.82) is 0 Å². The number of hydrogen-bond donors (Lipinski definition) is 0. The van der Waals surface area contributed by atoms with Crippen molar-refractivity contribution < 1.29 is 4.79 Å². The molecule has 6 heteroatoms. The number of amides is 1. The maximum absolute atomic E-state index is 13.3. The van der Waals surface area contributed by atoms with Gasteiger partial charge in [0.2, 0.25) is 0 Å². The second kappa shape index (κ2) is 8.82. The summed E-state index contributed by atoms with van der Waals surface area (Å²) in [6.45, 7) is 4.77. The van der Waals surface area contributed by atoms with Crippen molar-refractivity contribution in [3.63, 3.8) is 0 Å². The SMILES string of the molecule is Cc1ccc(N2C(=O)/C(=C\c3c(C)n(Cc4ccccc4Cl)c4ccccc34)SC2=S)cc1. The van der Waals surface area contributed by atoms with Crippen LogP contribution in [0.25, 0.3) is 17.0 Å². The van der Waals surface area contributed by atoms with E-state index in [-0.39, 0.29) is 5.91 Å². The third-order valence-corrected chi connectivity index (χ3v) is 7.60. The number of thioether (sulfide) groups is 1. The van der Waals surface area contributed by atoms with E-state index in [1.54, 1.807) is 4.90 Å². The lowest BCUT2D eigenvalue weighted by atomic mass is 10.1. The lowest BCUT2D eigenvalue weighted by molar-refractivity contribution is -0.113. The Labute approximate surface area is 207 Å². The molecule has 5 rings (SSSR count). The smallest absolute Gasteiger partial charge is 0.270 e. The van der Waals surface area contributed by atoms with Crippen molar-refractivity contribution in [3.05, 3.63) is 105 Å². The molecule has 3 nitrogen and oxygen atoms in total. The monoisotopic (exact) mass is 488 g/mol. The number of thiocarbonyl (C=S) groups is 1. The zero-order chi connectivity index (χ0) is 23.1. The van der Waals surface area contributed by atoms with Gasteiger partial charge in [-0.15, -0.1) is 0 Å². The molecule has 0 spiro atoms. The molecule has 0 bridgehead atoms. The largest absolute Gasteiger partial charge is 0.340 e. The molecule has 0 saturated carbocycles. The van der Waals surface area contributed by atoms with Crippen molar-refractivity contribution in [2.24, 2.45) is 0 Å². The minimum Gasteiger partial charge on any atom is -0.340 e. The highest BCUT2D eigenvalue weighted by Gasteiger charge is 2.33. The van der Waals surface area contributed by atoms with E-state index in [2.05, 4.69) is 23.6 Å². The van der Waals surface area contributed by atoms with Gasteiger partial charge in [0.15, 0.2) is 4.32 Å². The maximum atomic E-state index is 13.3. The summed E-state index contributed by atoms with van der Waals surface area (Å²) < 4.78 is 2.80. The highest BCUT2D eigenvalue weighted by molar-refractivity contribution is 8.27. The lowest BCUT2D eigenvalue weighted by Crippen LogP contribution is -2.27. The summed E-state index contributed by atoms with van der Waals surface area (Å²) in [5, 5.41) is 1.85. The molecule has 0 N–H and O–H groups in total. The van der Waals surface area contributed by atoms with Crippen LogP contribution in [0.1, 0.15) is 22.4 Å². The zero-order valence-electron chi connectivity index (χ0n) is 18.2. The third-order valence-electron chi connectivity index (χ3n) is 5.93. The molecule has 1 aliphatic heterocycles. The average molecular weight is 489 g/mol. The van der Waals surface area contributed by atoms with Gasteiger partial charge in [0.1, 0.15) is 0 Å². The van der Waals surface area contributed by atoms with Crippen LogP contribution in [0.2, 0.25) is 5.02 Å². The van der Waals surface area contributed by atoms with Gasteiger partial charge in [0, 0.05) is 33.7 Å². The molecule has 164 valence electrons. The van der Waals surface area contributed by atoms with Gasteiger partial charge in [-0.25, -0.2) is 0 Å². The second-order valence-electron chi connectivity index (χ2n) is 8.05. The van der Waals surface area contributed by atoms with Crippen molar-refractivity contribution in [2.75, 3.05) is 4.90 Å². The number of para-hydroxylation sites is 1. The van der Waals surface area contributed by atoms with Gasteiger partial charge in [-0.2, -0.15) is 0 Å². The number of rotatable bonds is 4. The second-order valence-corrected chi connectivity index (χ2v) is 10.1. The topological polar surface area (TPSA) is 25.2 Å². The lowest BCUT2D eigenvalue weighted by Gasteiger charge is -2.14. The fraction of sp³-hybridized carbons (Fsp3) is 0.111. The van der Waals surface area contributed by atoms with Crippen LogP contribution in [0.5, 0.6) is 0 Å². The van der Waals surface area contributed by atoms with Crippen molar-refractivity contribution in [1.82, 2.24) is 4.57 Å². The number of aromatic nitrogens is 1. The predicted molar refractivity (Wildman–Crippen MR) is 144 cm³/mol. The number of anilines is 1. The quantitative estimate of drug-likeness (QED) is 0.221. The van der Waals surface area contributed by atoms with Gasteiger partial charge in [0.05, 0.1) is 10.6 Å². The molecule has 0 radical (unpaired) electrons. The molecule has 33 heavy (non-hydrogen) atoms. The molecule has 1 aliphatic rings. The fourth-order valence-electron chi connectivity index (χ4n) is 4.16. The number of benzene rings is 3. The standard InChI is InChI=1S/C27H21ClN2OS2/c1-17-11-13-20(14-12-17)30-26(31)25(33-27(30)32)15-22-18(2)29(24-10-6-4-8-21(22)24)16-19-7-3-5-9-23(19)28/h3-15H,16H2,1-2H3/b25-15+. The summed E-state index contributed by atoms with van der Waals surface area (Å²) in [6.07, 6.45) is 1.98. The van der Waals surface area contributed by atoms with Crippen LogP contribution in [0.15, 0.2) is 77.7 Å². The van der Waals surface area contributed by atoms with Crippen LogP contribution in [-0.4, -0.2) is 14.8 Å². The first kappa shape index (κ1) is 22.0. The van der Waals surface area contributed by atoms with E-state index >= 15 is 0 Å². The van der Waals surface area contributed by atoms with Crippen LogP contribution in [0, 0.1) is 13.8 Å². The molecule has 1 saturated heterocycles. The van der Waals surface area contributed by atoms with Crippen LogP contribution in [0.4, 0.5) is 5.69 Å². The minimum absolute atomic E-state index is 0.0869. The number of carbonyl (C=O) groups excluding carboxylic acids is 1. The summed E-state index contributed by atoms with van der Waals surface area (Å²) in [7, 11) is 0. The molecule has 4 aromatic rings. The van der Waals surface area contributed by atoms with E-state index in [0.29, 0.717) is 15.8 Å². The number of aryl methyl sites for hydroxylation is 1.